The van der Waals surface area contributed by atoms with Gasteiger partial charge in [-0.05, 0) is 36.4 Å². The number of non-ortho nitro benzene ring substituents is 1. The molecule has 0 aromatic heterocycles. The van der Waals surface area contributed by atoms with E-state index in [9.17, 15) is 28.4 Å². The smallest absolute Gasteiger partial charge is 0.269 e. The molecule has 2 aromatic rings. The van der Waals surface area contributed by atoms with Gasteiger partial charge < -0.3 is 19.6 Å². The van der Waals surface area contributed by atoms with Crippen molar-refractivity contribution in [2.24, 2.45) is 0 Å². The minimum atomic E-state index is -4.13. The van der Waals surface area contributed by atoms with E-state index in [1.54, 1.807) is 12.0 Å². The van der Waals surface area contributed by atoms with Gasteiger partial charge in [0.2, 0.25) is 15.9 Å². The SMILES string of the molecule is COc1ccc(N2CCN(C(=O)[C@@H]3C[C@@H](O)CN3S(=O)(=O)c3ccc([N+](=O)[O-])cc3)CC2)cc1. The number of carbonyl (C=O) groups is 1. The Morgan fingerprint density at radius 3 is 2.24 bits per heavy atom. The predicted octanol–water partition coefficient (Wildman–Crippen LogP) is 1.08. The molecule has 0 spiro atoms. The van der Waals surface area contributed by atoms with E-state index in [0.717, 1.165) is 40.0 Å². The number of hydrogen-bond acceptors (Lipinski definition) is 8. The summed E-state index contributed by atoms with van der Waals surface area (Å²) in [7, 11) is -2.52. The topological polar surface area (TPSA) is 134 Å². The van der Waals surface area contributed by atoms with Gasteiger partial charge in [-0.1, -0.05) is 0 Å². The van der Waals surface area contributed by atoms with Crippen LogP contribution in [-0.2, 0) is 14.8 Å². The summed E-state index contributed by atoms with van der Waals surface area (Å²) >= 11 is 0. The van der Waals surface area contributed by atoms with Crippen molar-refractivity contribution < 1.29 is 28.0 Å². The Balaban J connectivity index is 1.46. The molecule has 0 aliphatic carbocycles. The van der Waals surface area contributed by atoms with Gasteiger partial charge in [0.1, 0.15) is 11.8 Å². The number of hydrogen-bond donors (Lipinski definition) is 1. The van der Waals surface area contributed by atoms with Crippen LogP contribution >= 0.6 is 0 Å². The molecule has 4 rings (SSSR count). The van der Waals surface area contributed by atoms with Gasteiger partial charge in [-0.3, -0.25) is 14.9 Å². The average molecular weight is 491 g/mol. The number of nitro benzene ring substituents is 1. The van der Waals surface area contributed by atoms with Crippen LogP contribution in [-0.4, -0.2) is 85.5 Å². The van der Waals surface area contributed by atoms with Gasteiger partial charge in [-0.15, -0.1) is 0 Å². The third-order valence-corrected chi connectivity index (χ3v) is 8.09. The largest absolute Gasteiger partial charge is 0.497 e. The molecule has 2 fully saturated rings. The van der Waals surface area contributed by atoms with Crippen LogP contribution in [0.4, 0.5) is 11.4 Å². The van der Waals surface area contributed by atoms with Gasteiger partial charge in [-0.25, -0.2) is 8.42 Å². The lowest BCUT2D eigenvalue weighted by atomic mass is 10.1. The first-order valence-electron chi connectivity index (χ1n) is 10.8. The fourth-order valence-electron chi connectivity index (χ4n) is 4.34. The Bertz CT molecular complexity index is 1150. The molecule has 12 heteroatoms. The Labute approximate surface area is 197 Å². The number of rotatable bonds is 6. The minimum Gasteiger partial charge on any atom is -0.497 e. The Morgan fingerprint density at radius 2 is 1.68 bits per heavy atom. The number of carbonyl (C=O) groups excluding carboxylic acids is 1. The predicted molar refractivity (Wildman–Crippen MR) is 123 cm³/mol. The highest BCUT2D eigenvalue weighted by molar-refractivity contribution is 7.89. The number of piperazine rings is 1. The molecule has 2 saturated heterocycles. The lowest BCUT2D eigenvalue weighted by Gasteiger charge is -2.38. The average Bonchev–Trinajstić information content (AvgIpc) is 3.26. The van der Waals surface area contributed by atoms with Crippen molar-refractivity contribution in [3.8, 4) is 5.75 Å². The second kappa shape index (κ2) is 9.57. The summed E-state index contributed by atoms with van der Waals surface area (Å²) in [5, 5.41) is 21.1. The van der Waals surface area contributed by atoms with E-state index in [4.69, 9.17) is 4.74 Å². The summed E-state index contributed by atoms with van der Waals surface area (Å²) in [5.74, 6) is 0.406. The Kier molecular flexibility index (Phi) is 6.73. The van der Waals surface area contributed by atoms with Crippen molar-refractivity contribution in [2.45, 2.75) is 23.5 Å². The molecular formula is C22H26N4O7S. The highest BCUT2D eigenvalue weighted by Gasteiger charge is 2.45. The third kappa shape index (κ3) is 4.69. The van der Waals surface area contributed by atoms with E-state index in [1.807, 2.05) is 24.3 Å². The molecule has 2 heterocycles. The quantitative estimate of drug-likeness (QED) is 0.470. The number of aliphatic hydroxyl groups is 1. The summed E-state index contributed by atoms with van der Waals surface area (Å²) in [6.07, 6.45) is -0.966. The summed E-state index contributed by atoms with van der Waals surface area (Å²) in [5.41, 5.74) is 0.773. The number of sulfonamides is 1. The molecule has 2 aliphatic rings. The summed E-state index contributed by atoms with van der Waals surface area (Å²) in [6, 6.07) is 11.1. The first-order chi connectivity index (χ1) is 16.2. The molecule has 2 aliphatic heterocycles. The maximum Gasteiger partial charge on any atom is 0.269 e. The number of nitrogens with zero attached hydrogens (tertiary/aromatic N) is 4. The zero-order valence-corrected chi connectivity index (χ0v) is 19.4. The lowest BCUT2D eigenvalue weighted by Crippen LogP contribution is -2.54. The maximum atomic E-state index is 13.3. The molecule has 2 atom stereocenters. The van der Waals surface area contributed by atoms with E-state index in [-0.39, 0.29) is 29.5 Å². The highest BCUT2D eigenvalue weighted by Crippen LogP contribution is 2.29. The second-order valence-corrected chi connectivity index (χ2v) is 10.1. The van der Waals surface area contributed by atoms with Gasteiger partial charge in [-0.2, -0.15) is 4.31 Å². The number of β-amino-alcohol motifs (C(OH)–C–C–N with tert-alkyl or cyclic N) is 1. The summed E-state index contributed by atoms with van der Waals surface area (Å²) in [6.45, 7) is 1.80. The van der Waals surface area contributed by atoms with E-state index in [2.05, 4.69) is 4.90 Å². The Morgan fingerprint density at radius 1 is 1.06 bits per heavy atom. The van der Waals surface area contributed by atoms with Gasteiger partial charge >= 0.3 is 0 Å². The summed E-state index contributed by atoms with van der Waals surface area (Å²) in [4.78, 5) is 27.2. The van der Waals surface area contributed by atoms with Crippen LogP contribution in [0.1, 0.15) is 6.42 Å². The first-order valence-corrected chi connectivity index (χ1v) is 12.3. The fourth-order valence-corrected chi connectivity index (χ4v) is 5.97. The van der Waals surface area contributed by atoms with Crippen LogP contribution in [0.3, 0.4) is 0 Å². The molecule has 182 valence electrons. The molecule has 0 unspecified atom stereocenters. The molecule has 11 nitrogen and oxygen atoms in total. The van der Waals surface area contributed by atoms with Crippen molar-refractivity contribution in [1.29, 1.82) is 0 Å². The van der Waals surface area contributed by atoms with Gasteiger partial charge in [0.05, 0.1) is 23.0 Å². The molecule has 34 heavy (non-hydrogen) atoms. The minimum absolute atomic E-state index is 0.00371. The van der Waals surface area contributed by atoms with Crippen molar-refractivity contribution in [1.82, 2.24) is 9.21 Å². The molecule has 0 bridgehead atoms. The molecule has 0 saturated carbocycles. The monoisotopic (exact) mass is 490 g/mol. The normalized spacial score (nSPS) is 21.5. The molecule has 1 N–H and O–H groups in total. The molecule has 1 amide bonds. The number of benzene rings is 2. The summed E-state index contributed by atoms with van der Waals surface area (Å²) < 4.78 is 32.6. The van der Waals surface area contributed by atoms with Gasteiger partial charge in [0.25, 0.3) is 5.69 Å². The maximum absolute atomic E-state index is 13.3. The second-order valence-electron chi connectivity index (χ2n) is 8.24. The third-order valence-electron chi connectivity index (χ3n) is 6.20. The lowest BCUT2D eigenvalue weighted by molar-refractivity contribution is -0.384. The number of methoxy groups -OCH3 is 1. The number of aliphatic hydroxyl groups excluding tert-OH is 1. The molecular weight excluding hydrogens is 464 g/mol. The van der Waals surface area contributed by atoms with Gasteiger partial charge in [0, 0.05) is 57.0 Å². The van der Waals surface area contributed by atoms with Crippen LogP contribution < -0.4 is 9.64 Å². The van der Waals surface area contributed by atoms with Crippen LogP contribution in [0.5, 0.6) is 5.75 Å². The van der Waals surface area contributed by atoms with Crippen molar-refractivity contribution in [3.63, 3.8) is 0 Å². The molecule has 0 radical (unpaired) electrons. The van der Waals surface area contributed by atoms with Crippen molar-refractivity contribution >= 4 is 27.3 Å². The van der Waals surface area contributed by atoms with Crippen LogP contribution in [0.25, 0.3) is 0 Å². The van der Waals surface area contributed by atoms with Crippen LogP contribution in [0.2, 0.25) is 0 Å². The fraction of sp³-hybridized carbons (Fsp3) is 0.409. The number of anilines is 1. The number of nitro groups is 1. The van der Waals surface area contributed by atoms with Crippen LogP contribution in [0, 0.1) is 10.1 Å². The zero-order valence-electron chi connectivity index (χ0n) is 18.6. The zero-order chi connectivity index (χ0) is 24.5. The van der Waals surface area contributed by atoms with E-state index in [1.165, 1.54) is 0 Å². The number of amides is 1. The Hall–Kier alpha value is -3.22. The first kappa shape index (κ1) is 23.9. The van der Waals surface area contributed by atoms with Gasteiger partial charge in [0.15, 0.2) is 0 Å². The van der Waals surface area contributed by atoms with E-state index in [0.29, 0.717) is 26.2 Å². The van der Waals surface area contributed by atoms with E-state index >= 15 is 0 Å². The molecule has 2 aromatic carbocycles. The van der Waals surface area contributed by atoms with E-state index < -0.39 is 27.1 Å². The standard InChI is InChI=1S/C22H26N4O7S/c1-33-19-6-2-16(3-7-19)23-10-12-24(13-11-23)22(28)21-14-18(27)15-25(21)34(31,32)20-8-4-17(5-9-20)26(29)30/h2-9,18,21,27H,10-15H2,1H3/t18-,21+/m1/s1. The van der Waals surface area contributed by atoms with Crippen molar-refractivity contribution in [2.75, 3.05) is 44.7 Å². The number of ether oxygens (including phenoxy) is 1. The van der Waals surface area contributed by atoms with Crippen LogP contribution in [0.15, 0.2) is 53.4 Å². The van der Waals surface area contributed by atoms with Crippen molar-refractivity contribution in [3.05, 3.63) is 58.6 Å². The highest BCUT2D eigenvalue weighted by atomic mass is 32.2.